The minimum absolute atomic E-state index is 0.335. The summed E-state index contributed by atoms with van der Waals surface area (Å²) in [4.78, 5) is 16.8. The Bertz CT molecular complexity index is 1510. The lowest BCUT2D eigenvalue weighted by Gasteiger charge is -2.29. The SMILES string of the molecule is CS(=O)(=O)N1CCCN(CCN2CCn3c(c(C4CCCCC4)c4ccc(C(=O)O)cc43)-c3ccccc32)CC1. The van der Waals surface area contributed by atoms with E-state index in [1.807, 2.05) is 12.1 Å². The van der Waals surface area contributed by atoms with E-state index in [-0.39, 0.29) is 0 Å². The Labute approximate surface area is 237 Å². The standard InChI is InChI=1S/C31H40N4O4S/c1-40(38,39)34-15-7-14-32(17-20-34)16-18-33-19-21-35-28-22-24(31(36)37)12-13-25(28)29(23-8-3-2-4-9-23)30(35)26-10-5-6-11-27(26)33/h5-6,10-13,22-23H,2-4,7-9,14-21H2,1H3,(H,36,37). The highest BCUT2D eigenvalue weighted by atomic mass is 32.2. The lowest BCUT2D eigenvalue weighted by Crippen LogP contribution is -2.39. The summed E-state index contributed by atoms with van der Waals surface area (Å²) in [5, 5.41) is 11.0. The van der Waals surface area contributed by atoms with E-state index < -0.39 is 16.0 Å². The Morgan fingerprint density at radius 1 is 0.900 bits per heavy atom. The van der Waals surface area contributed by atoms with Gasteiger partial charge in [0, 0.05) is 68.0 Å². The lowest BCUT2D eigenvalue weighted by atomic mass is 9.81. The number of hydrogen-bond acceptors (Lipinski definition) is 5. The van der Waals surface area contributed by atoms with E-state index in [9.17, 15) is 18.3 Å². The minimum atomic E-state index is -3.16. The summed E-state index contributed by atoms with van der Waals surface area (Å²) < 4.78 is 28.1. The van der Waals surface area contributed by atoms with Crippen LogP contribution >= 0.6 is 0 Å². The van der Waals surface area contributed by atoms with Crippen LogP contribution in [-0.4, -0.2) is 85.3 Å². The van der Waals surface area contributed by atoms with Crippen LogP contribution in [0.5, 0.6) is 0 Å². The molecule has 3 heterocycles. The molecule has 40 heavy (non-hydrogen) atoms. The maximum Gasteiger partial charge on any atom is 0.335 e. The quantitative estimate of drug-likeness (QED) is 0.461. The average molecular weight is 565 g/mol. The summed E-state index contributed by atoms with van der Waals surface area (Å²) >= 11 is 0. The Kier molecular flexibility index (Phi) is 7.63. The number of anilines is 1. The normalized spacial score (nSPS) is 19.7. The van der Waals surface area contributed by atoms with Crippen molar-refractivity contribution in [3.8, 4) is 11.3 Å². The Hall–Kier alpha value is -2.88. The number of carbonyl (C=O) groups is 1. The zero-order valence-electron chi connectivity index (χ0n) is 23.4. The molecule has 2 aromatic carbocycles. The number of benzene rings is 2. The van der Waals surface area contributed by atoms with Crippen molar-refractivity contribution >= 4 is 32.6 Å². The first-order chi connectivity index (χ1) is 19.3. The smallest absolute Gasteiger partial charge is 0.335 e. The topological polar surface area (TPSA) is 86.1 Å². The number of hydrogen-bond donors (Lipinski definition) is 1. The van der Waals surface area contributed by atoms with Crippen molar-refractivity contribution in [3.63, 3.8) is 0 Å². The van der Waals surface area contributed by atoms with Crippen LogP contribution in [-0.2, 0) is 16.6 Å². The largest absolute Gasteiger partial charge is 0.478 e. The highest BCUT2D eigenvalue weighted by Crippen LogP contribution is 2.47. The Morgan fingerprint density at radius 3 is 2.48 bits per heavy atom. The van der Waals surface area contributed by atoms with Crippen molar-refractivity contribution in [3.05, 3.63) is 53.6 Å². The number of sulfonamides is 1. The molecule has 0 bridgehead atoms. The molecular weight excluding hydrogens is 524 g/mol. The molecule has 0 atom stereocenters. The molecule has 0 radical (unpaired) electrons. The third-order valence-corrected chi connectivity index (χ3v) is 10.5. The molecule has 1 aromatic heterocycles. The molecule has 3 aliphatic rings. The Morgan fingerprint density at radius 2 is 1.70 bits per heavy atom. The molecule has 0 spiro atoms. The van der Waals surface area contributed by atoms with Crippen molar-refractivity contribution in [1.82, 2.24) is 13.8 Å². The highest BCUT2D eigenvalue weighted by Gasteiger charge is 2.31. The van der Waals surface area contributed by atoms with Crippen LogP contribution in [0.25, 0.3) is 22.2 Å². The second-order valence-electron chi connectivity index (χ2n) is 11.6. The van der Waals surface area contributed by atoms with Gasteiger partial charge in [0.25, 0.3) is 0 Å². The molecule has 2 aliphatic heterocycles. The fourth-order valence-corrected chi connectivity index (χ4v) is 8.00. The van der Waals surface area contributed by atoms with Gasteiger partial charge in [0.05, 0.1) is 17.5 Å². The molecule has 1 saturated carbocycles. The zero-order chi connectivity index (χ0) is 27.9. The number of aromatic nitrogens is 1. The van der Waals surface area contributed by atoms with E-state index in [2.05, 4.69) is 38.6 Å². The van der Waals surface area contributed by atoms with Gasteiger partial charge < -0.3 is 19.5 Å². The van der Waals surface area contributed by atoms with Gasteiger partial charge in [0.1, 0.15) is 0 Å². The fraction of sp³-hybridized carbons (Fsp3) is 0.516. The van der Waals surface area contributed by atoms with Crippen molar-refractivity contribution in [2.45, 2.75) is 51.0 Å². The van der Waals surface area contributed by atoms with Gasteiger partial charge in [-0.1, -0.05) is 43.5 Å². The fourth-order valence-electron chi connectivity index (χ4n) is 7.12. The van der Waals surface area contributed by atoms with E-state index in [0.717, 1.165) is 51.2 Å². The number of nitrogens with zero attached hydrogens (tertiary/aromatic N) is 4. The molecule has 0 amide bonds. The summed E-state index contributed by atoms with van der Waals surface area (Å²) in [7, 11) is -3.16. The van der Waals surface area contributed by atoms with Crippen LogP contribution in [0.1, 0.15) is 60.4 Å². The van der Waals surface area contributed by atoms with Crippen LogP contribution in [0.2, 0.25) is 0 Å². The summed E-state index contributed by atoms with van der Waals surface area (Å²) in [6.07, 6.45) is 8.27. The second-order valence-corrected chi connectivity index (χ2v) is 13.6. The van der Waals surface area contributed by atoms with Crippen molar-refractivity contribution in [2.24, 2.45) is 0 Å². The number of carboxylic acid groups (broad SMARTS) is 1. The maximum absolute atomic E-state index is 12.1. The maximum atomic E-state index is 12.1. The lowest BCUT2D eigenvalue weighted by molar-refractivity contribution is 0.0697. The molecule has 6 rings (SSSR count). The first kappa shape index (κ1) is 27.3. The number of aromatic carboxylic acids is 1. The molecule has 8 nitrogen and oxygen atoms in total. The van der Waals surface area contributed by atoms with Gasteiger partial charge in [0.15, 0.2) is 0 Å². The van der Waals surface area contributed by atoms with Gasteiger partial charge in [-0.2, -0.15) is 0 Å². The molecule has 214 valence electrons. The van der Waals surface area contributed by atoms with E-state index in [1.54, 1.807) is 10.4 Å². The third-order valence-electron chi connectivity index (χ3n) is 9.16. The van der Waals surface area contributed by atoms with Crippen LogP contribution in [0.4, 0.5) is 5.69 Å². The van der Waals surface area contributed by atoms with E-state index in [4.69, 9.17) is 0 Å². The summed E-state index contributed by atoms with van der Waals surface area (Å²) in [6.45, 7) is 6.14. The first-order valence-electron chi connectivity index (χ1n) is 14.7. The van der Waals surface area contributed by atoms with E-state index in [1.165, 1.54) is 66.3 Å². The summed E-state index contributed by atoms with van der Waals surface area (Å²) in [6, 6.07) is 14.4. The van der Waals surface area contributed by atoms with Gasteiger partial charge in [-0.25, -0.2) is 17.5 Å². The minimum Gasteiger partial charge on any atom is -0.478 e. The number of rotatable bonds is 6. The summed E-state index contributed by atoms with van der Waals surface area (Å²) in [5.74, 6) is -0.406. The van der Waals surface area contributed by atoms with Gasteiger partial charge >= 0.3 is 5.97 Å². The predicted octanol–water partition coefficient (Wildman–Crippen LogP) is 4.84. The van der Waals surface area contributed by atoms with Gasteiger partial charge in [0.2, 0.25) is 10.0 Å². The average Bonchev–Trinajstić information content (AvgIpc) is 3.07. The van der Waals surface area contributed by atoms with Crippen molar-refractivity contribution in [2.75, 3.05) is 57.0 Å². The molecule has 2 fully saturated rings. The van der Waals surface area contributed by atoms with E-state index in [0.29, 0.717) is 24.6 Å². The summed E-state index contributed by atoms with van der Waals surface area (Å²) in [5.41, 5.74) is 6.48. The molecule has 3 aromatic rings. The molecule has 0 unspecified atom stereocenters. The molecular formula is C31H40N4O4S. The van der Waals surface area contributed by atoms with Crippen LogP contribution in [0.3, 0.4) is 0 Å². The molecule has 1 saturated heterocycles. The predicted molar refractivity (Wildman–Crippen MR) is 160 cm³/mol. The van der Waals surface area contributed by atoms with Crippen LogP contribution in [0.15, 0.2) is 42.5 Å². The van der Waals surface area contributed by atoms with Crippen molar-refractivity contribution in [1.29, 1.82) is 0 Å². The Balaban J connectivity index is 1.35. The molecule has 9 heteroatoms. The zero-order valence-corrected chi connectivity index (χ0v) is 24.2. The first-order valence-corrected chi connectivity index (χ1v) is 16.6. The molecule has 1 N–H and O–H groups in total. The van der Waals surface area contributed by atoms with E-state index >= 15 is 0 Å². The number of para-hydroxylation sites is 1. The second kappa shape index (κ2) is 11.2. The highest BCUT2D eigenvalue weighted by molar-refractivity contribution is 7.88. The monoisotopic (exact) mass is 564 g/mol. The van der Waals surface area contributed by atoms with Crippen molar-refractivity contribution < 1.29 is 18.3 Å². The third kappa shape index (κ3) is 5.27. The van der Waals surface area contributed by atoms with Gasteiger partial charge in [-0.15, -0.1) is 0 Å². The van der Waals surface area contributed by atoms with Crippen LogP contribution in [0, 0.1) is 0 Å². The van der Waals surface area contributed by atoms with Crippen LogP contribution < -0.4 is 4.90 Å². The number of carboxylic acids is 1. The van der Waals surface area contributed by atoms with Gasteiger partial charge in [-0.3, -0.25) is 0 Å². The van der Waals surface area contributed by atoms with Gasteiger partial charge in [-0.05, 0) is 55.5 Å². The number of fused-ring (bicyclic) bond motifs is 5. The molecule has 1 aliphatic carbocycles.